The standard InChI is InChI=1S/C15H20N4O2/c1-19-13-6-5-10(17-15(20)11(16)8-21-2)7-12(13)18-14(19)9-3-4-9/h5-7,9,11H,3-4,8,16H2,1-2H3,(H,17,20). The minimum atomic E-state index is -0.670. The van der Waals surface area contributed by atoms with Crippen LogP contribution in [0.15, 0.2) is 18.2 Å². The highest BCUT2D eigenvalue weighted by molar-refractivity contribution is 5.96. The number of hydrogen-bond acceptors (Lipinski definition) is 4. The lowest BCUT2D eigenvalue weighted by Gasteiger charge is -2.11. The van der Waals surface area contributed by atoms with E-state index in [1.54, 1.807) is 0 Å². The Labute approximate surface area is 123 Å². The van der Waals surface area contributed by atoms with E-state index in [1.165, 1.54) is 20.0 Å². The summed E-state index contributed by atoms with van der Waals surface area (Å²) in [6.07, 6.45) is 2.43. The number of aromatic nitrogens is 2. The monoisotopic (exact) mass is 288 g/mol. The fourth-order valence-electron chi connectivity index (χ4n) is 2.49. The lowest BCUT2D eigenvalue weighted by Crippen LogP contribution is -2.39. The molecule has 112 valence electrons. The second-order valence-corrected chi connectivity index (χ2v) is 5.56. The summed E-state index contributed by atoms with van der Waals surface area (Å²) in [7, 11) is 3.56. The summed E-state index contributed by atoms with van der Waals surface area (Å²) in [5.74, 6) is 1.47. The third kappa shape index (κ3) is 2.77. The van der Waals surface area contributed by atoms with Crippen LogP contribution in [-0.2, 0) is 16.6 Å². The van der Waals surface area contributed by atoms with Crippen LogP contribution in [0.4, 0.5) is 5.69 Å². The molecule has 3 rings (SSSR count). The van der Waals surface area contributed by atoms with Crippen LogP contribution < -0.4 is 11.1 Å². The third-order valence-electron chi connectivity index (χ3n) is 3.81. The molecule has 3 N–H and O–H groups in total. The van der Waals surface area contributed by atoms with Gasteiger partial charge in [0.05, 0.1) is 17.6 Å². The van der Waals surface area contributed by atoms with Crippen LogP contribution in [0.3, 0.4) is 0 Å². The normalized spacial score (nSPS) is 16.1. The molecular weight excluding hydrogens is 268 g/mol. The Bertz CT molecular complexity index is 676. The topological polar surface area (TPSA) is 82.2 Å². The molecule has 1 unspecified atom stereocenters. The molecule has 1 aromatic carbocycles. The Morgan fingerprint density at radius 3 is 3.00 bits per heavy atom. The lowest BCUT2D eigenvalue weighted by atomic mass is 10.2. The summed E-state index contributed by atoms with van der Waals surface area (Å²) in [6, 6.07) is 5.07. The predicted molar refractivity (Wildman–Crippen MR) is 81.2 cm³/mol. The molecule has 0 spiro atoms. The van der Waals surface area contributed by atoms with Gasteiger partial charge in [0.1, 0.15) is 11.9 Å². The summed E-state index contributed by atoms with van der Waals surface area (Å²) in [4.78, 5) is 16.6. The van der Waals surface area contributed by atoms with Gasteiger partial charge < -0.3 is 20.4 Å². The first kappa shape index (κ1) is 14.0. The molecule has 6 heteroatoms. The summed E-state index contributed by atoms with van der Waals surface area (Å²) in [5.41, 5.74) is 8.40. The minimum Gasteiger partial charge on any atom is -0.383 e. The number of benzene rings is 1. The van der Waals surface area contributed by atoms with Gasteiger partial charge in [0.25, 0.3) is 0 Å². The number of imidazole rings is 1. The van der Waals surface area contributed by atoms with Crippen molar-refractivity contribution in [3.05, 3.63) is 24.0 Å². The molecule has 21 heavy (non-hydrogen) atoms. The third-order valence-corrected chi connectivity index (χ3v) is 3.81. The fraction of sp³-hybridized carbons (Fsp3) is 0.467. The van der Waals surface area contributed by atoms with E-state index in [1.807, 2.05) is 25.2 Å². The van der Waals surface area contributed by atoms with E-state index in [0.29, 0.717) is 11.6 Å². The number of hydrogen-bond donors (Lipinski definition) is 2. The van der Waals surface area contributed by atoms with E-state index in [4.69, 9.17) is 10.5 Å². The van der Waals surface area contributed by atoms with Crippen LogP contribution >= 0.6 is 0 Å². The molecule has 1 aliphatic rings. The molecule has 0 radical (unpaired) electrons. The van der Waals surface area contributed by atoms with Gasteiger partial charge in [0.15, 0.2) is 0 Å². The van der Waals surface area contributed by atoms with E-state index in [-0.39, 0.29) is 12.5 Å². The number of anilines is 1. The smallest absolute Gasteiger partial charge is 0.243 e. The molecule has 1 aliphatic carbocycles. The highest BCUT2D eigenvalue weighted by Gasteiger charge is 2.28. The van der Waals surface area contributed by atoms with Crippen LogP contribution in [0.2, 0.25) is 0 Å². The zero-order valence-electron chi connectivity index (χ0n) is 12.3. The number of ether oxygens (including phenoxy) is 1. The van der Waals surface area contributed by atoms with Crippen molar-refractivity contribution < 1.29 is 9.53 Å². The van der Waals surface area contributed by atoms with Crippen molar-refractivity contribution >= 4 is 22.6 Å². The Kier molecular flexibility index (Phi) is 3.65. The molecule has 2 aromatic rings. The molecule has 1 heterocycles. The van der Waals surface area contributed by atoms with Crippen LogP contribution in [0.25, 0.3) is 11.0 Å². The van der Waals surface area contributed by atoms with E-state index in [0.717, 1.165) is 16.9 Å². The number of nitrogens with zero attached hydrogens (tertiary/aromatic N) is 2. The van der Waals surface area contributed by atoms with Crippen LogP contribution in [0.5, 0.6) is 0 Å². The first-order valence-electron chi connectivity index (χ1n) is 7.12. The van der Waals surface area contributed by atoms with E-state index in [2.05, 4.69) is 14.9 Å². The number of amides is 1. The zero-order chi connectivity index (χ0) is 15.0. The summed E-state index contributed by atoms with van der Waals surface area (Å²) in [6.45, 7) is 0.198. The highest BCUT2D eigenvalue weighted by Crippen LogP contribution is 2.40. The zero-order valence-corrected chi connectivity index (χ0v) is 12.3. The number of aryl methyl sites for hydroxylation is 1. The quantitative estimate of drug-likeness (QED) is 0.870. The van der Waals surface area contributed by atoms with Crippen LogP contribution in [-0.4, -0.2) is 35.2 Å². The van der Waals surface area contributed by atoms with Gasteiger partial charge in [0.2, 0.25) is 5.91 Å². The average Bonchev–Trinajstić information content (AvgIpc) is 3.24. The van der Waals surface area contributed by atoms with Crippen molar-refractivity contribution in [2.24, 2.45) is 12.8 Å². The number of fused-ring (bicyclic) bond motifs is 1. The Hall–Kier alpha value is -1.92. The summed E-state index contributed by atoms with van der Waals surface area (Å²) >= 11 is 0. The van der Waals surface area contributed by atoms with Gasteiger partial charge in [-0.2, -0.15) is 0 Å². The molecule has 0 saturated heterocycles. The molecule has 1 saturated carbocycles. The average molecular weight is 288 g/mol. The maximum Gasteiger partial charge on any atom is 0.243 e. The van der Waals surface area contributed by atoms with Gasteiger partial charge in [-0.15, -0.1) is 0 Å². The van der Waals surface area contributed by atoms with E-state index < -0.39 is 6.04 Å². The Morgan fingerprint density at radius 2 is 2.33 bits per heavy atom. The van der Waals surface area contributed by atoms with E-state index in [9.17, 15) is 4.79 Å². The second kappa shape index (κ2) is 5.46. The number of rotatable bonds is 5. The summed E-state index contributed by atoms with van der Waals surface area (Å²) < 4.78 is 7.02. The van der Waals surface area contributed by atoms with Crippen molar-refractivity contribution in [2.45, 2.75) is 24.8 Å². The van der Waals surface area contributed by atoms with Crippen molar-refractivity contribution in [3.63, 3.8) is 0 Å². The number of carbonyl (C=O) groups is 1. The van der Waals surface area contributed by atoms with Gasteiger partial charge in [0, 0.05) is 25.8 Å². The van der Waals surface area contributed by atoms with Crippen molar-refractivity contribution in [2.75, 3.05) is 19.0 Å². The fourth-order valence-corrected chi connectivity index (χ4v) is 2.49. The molecule has 1 aromatic heterocycles. The second-order valence-electron chi connectivity index (χ2n) is 5.56. The number of methoxy groups -OCH3 is 1. The highest BCUT2D eigenvalue weighted by atomic mass is 16.5. The molecule has 6 nitrogen and oxygen atoms in total. The predicted octanol–water partition coefficient (Wildman–Crippen LogP) is 1.36. The number of nitrogens with one attached hydrogen (secondary N) is 1. The van der Waals surface area contributed by atoms with Gasteiger partial charge in [-0.3, -0.25) is 4.79 Å². The lowest BCUT2D eigenvalue weighted by molar-refractivity contribution is -0.118. The Morgan fingerprint density at radius 1 is 1.57 bits per heavy atom. The Balaban J connectivity index is 1.82. The number of carbonyl (C=O) groups excluding carboxylic acids is 1. The van der Waals surface area contributed by atoms with Gasteiger partial charge in [-0.05, 0) is 31.0 Å². The van der Waals surface area contributed by atoms with Crippen molar-refractivity contribution in [1.82, 2.24) is 9.55 Å². The minimum absolute atomic E-state index is 0.198. The van der Waals surface area contributed by atoms with Gasteiger partial charge in [-0.25, -0.2) is 4.98 Å². The SMILES string of the molecule is COCC(N)C(=O)Nc1ccc2c(c1)nc(C1CC1)n2C. The van der Waals surface area contributed by atoms with Crippen LogP contribution in [0.1, 0.15) is 24.6 Å². The first-order valence-corrected chi connectivity index (χ1v) is 7.12. The maximum absolute atomic E-state index is 11.9. The van der Waals surface area contributed by atoms with Gasteiger partial charge in [-0.1, -0.05) is 0 Å². The number of nitrogens with two attached hydrogens (primary N) is 1. The largest absolute Gasteiger partial charge is 0.383 e. The van der Waals surface area contributed by atoms with E-state index >= 15 is 0 Å². The molecule has 1 fully saturated rings. The van der Waals surface area contributed by atoms with Gasteiger partial charge >= 0.3 is 0 Å². The summed E-state index contributed by atoms with van der Waals surface area (Å²) in [5, 5.41) is 2.80. The molecule has 0 aliphatic heterocycles. The molecule has 0 bridgehead atoms. The van der Waals surface area contributed by atoms with Crippen molar-refractivity contribution in [3.8, 4) is 0 Å². The molecular formula is C15H20N4O2. The molecule has 1 atom stereocenters. The first-order chi connectivity index (χ1) is 10.1. The molecule has 1 amide bonds. The van der Waals surface area contributed by atoms with Crippen LogP contribution in [0, 0.1) is 0 Å². The van der Waals surface area contributed by atoms with Crippen molar-refractivity contribution in [1.29, 1.82) is 0 Å². The maximum atomic E-state index is 11.9.